The lowest BCUT2D eigenvalue weighted by Crippen LogP contribution is -2.49. The fourth-order valence-corrected chi connectivity index (χ4v) is 7.04. The largest absolute Gasteiger partial charge is 0.324 e. The van der Waals surface area contributed by atoms with Crippen LogP contribution in [0.1, 0.15) is 37.0 Å². The number of allylic oxidation sites excluding steroid dienone is 2. The molecule has 5 aliphatic rings. The number of hydrogen-bond acceptors (Lipinski definition) is 3. The number of carbonyl (C=O) groups excluding carboxylic acids is 3. The van der Waals surface area contributed by atoms with Crippen LogP contribution in [-0.4, -0.2) is 28.7 Å². The molecule has 0 aromatic heterocycles. The zero-order chi connectivity index (χ0) is 24.3. The van der Waals surface area contributed by atoms with Crippen LogP contribution in [0.4, 0.5) is 5.69 Å². The minimum absolute atomic E-state index is 0.143. The van der Waals surface area contributed by atoms with Crippen molar-refractivity contribution in [2.75, 3.05) is 5.32 Å². The minimum atomic E-state index is -0.867. The van der Waals surface area contributed by atoms with Gasteiger partial charge in [0.25, 0.3) is 0 Å². The van der Waals surface area contributed by atoms with E-state index in [0.717, 1.165) is 41.6 Å². The summed E-state index contributed by atoms with van der Waals surface area (Å²) in [5.41, 5.74) is 3.88. The van der Waals surface area contributed by atoms with Gasteiger partial charge in [-0.3, -0.25) is 19.3 Å². The molecule has 0 spiro atoms. The van der Waals surface area contributed by atoms with Gasteiger partial charge in [-0.1, -0.05) is 74.5 Å². The Balaban J connectivity index is 1.35. The standard InChI is InChI=1S/C30H32N2O3/c1-3-18-11-8-12-19(4-2)27(18)31-28(33)24(15-17-9-6-5-7-10-17)32-29(34)25-20-13-14-21(23-16-22(20)23)26(25)30(32)35/h5-14,20-26H,3-4,15-16H2,1-2H3,(H,31,33)/t20-,21-,22-,23-,24-,25+,26+/m0/s1. The molecule has 2 aromatic rings. The Morgan fingerprint density at radius 2 is 1.46 bits per heavy atom. The van der Waals surface area contributed by atoms with Crippen molar-refractivity contribution < 1.29 is 14.4 Å². The van der Waals surface area contributed by atoms with E-state index in [0.29, 0.717) is 18.3 Å². The summed E-state index contributed by atoms with van der Waals surface area (Å²) < 4.78 is 0. The highest BCUT2D eigenvalue weighted by Gasteiger charge is 2.67. The topological polar surface area (TPSA) is 66.5 Å². The molecule has 1 saturated heterocycles. The summed E-state index contributed by atoms with van der Waals surface area (Å²) >= 11 is 0. The zero-order valence-corrected chi connectivity index (χ0v) is 20.3. The van der Waals surface area contributed by atoms with Crippen LogP contribution < -0.4 is 5.32 Å². The second-order valence-corrected chi connectivity index (χ2v) is 10.6. The molecule has 1 aliphatic heterocycles. The number of nitrogens with zero attached hydrogens (tertiary/aromatic N) is 1. The molecule has 180 valence electrons. The molecular weight excluding hydrogens is 436 g/mol. The average Bonchev–Trinajstić information content (AvgIpc) is 3.67. The maximum absolute atomic E-state index is 13.9. The van der Waals surface area contributed by atoms with Gasteiger partial charge in [-0.2, -0.15) is 0 Å². The smallest absolute Gasteiger partial charge is 0.248 e. The summed E-state index contributed by atoms with van der Waals surface area (Å²) in [7, 11) is 0. The Bertz CT molecular complexity index is 1160. The molecule has 7 rings (SSSR count). The third kappa shape index (κ3) is 3.47. The van der Waals surface area contributed by atoms with Gasteiger partial charge in [-0.05, 0) is 59.6 Å². The first-order valence-electron chi connectivity index (χ1n) is 13.0. The van der Waals surface area contributed by atoms with Gasteiger partial charge in [0.05, 0.1) is 11.8 Å². The van der Waals surface area contributed by atoms with Gasteiger partial charge in [-0.15, -0.1) is 0 Å². The number of nitrogens with one attached hydrogen (secondary N) is 1. The number of aryl methyl sites for hydroxylation is 2. The van der Waals surface area contributed by atoms with Gasteiger partial charge in [-0.25, -0.2) is 0 Å². The third-order valence-electron chi connectivity index (χ3n) is 8.83. The highest BCUT2D eigenvalue weighted by molar-refractivity contribution is 6.11. The highest BCUT2D eigenvalue weighted by Crippen LogP contribution is 2.65. The van der Waals surface area contributed by atoms with Crippen LogP contribution in [0.25, 0.3) is 0 Å². The van der Waals surface area contributed by atoms with Crippen molar-refractivity contribution in [3.05, 3.63) is 77.4 Å². The van der Waals surface area contributed by atoms with Crippen molar-refractivity contribution in [3.63, 3.8) is 0 Å². The van der Waals surface area contributed by atoms with Gasteiger partial charge in [0, 0.05) is 12.1 Å². The lowest BCUT2D eigenvalue weighted by atomic mass is 9.63. The van der Waals surface area contributed by atoms with Crippen molar-refractivity contribution >= 4 is 23.4 Å². The first-order valence-corrected chi connectivity index (χ1v) is 13.0. The maximum atomic E-state index is 13.9. The van der Waals surface area contributed by atoms with E-state index in [1.807, 2.05) is 48.5 Å². The van der Waals surface area contributed by atoms with E-state index >= 15 is 0 Å². The number of imide groups is 1. The number of amides is 3. The van der Waals surface area contributed by atoms with Gasteiger partial charge in [0.15, 0.2) is 0 Å². The Morgan fingerprint density at radius 3 is 2.00 bits per heavy atom. The fourth-order valence-electron chi connectivity index (χ4n) is 7.04. The number of likely N-dealkylation sites (tertiary alicyclic amines) is 1. The number of rotatable bonds is 7. The minimum Gasteiger partial charge on any atom is -0.324 e. The molecule has 3 amide bonds. The molecule has 1 heterocycles. The Labute approximate surface area is 206 Å². The van der Waals surface area contributed by atoms with Gasteiger partial charge in [0.1, 0.15) is 6.04 Å². The van der Waals surface area contributed by atoms with Crippen molar-refractivity contribution in [2.45, 2.75) is 45.6 Å². The molecule has 4 aliphatic carbocycles. The molecule has 5 heteroatoms. The average molecular weight is 469 g/mol. The first kappa shape index (κ1) is 22.3. The number of hydrogen-bond donors (Lipinski definition) is 1. The van der Waals surface area contributed by atoms with Crippen molar-refractivity contribution in [3.8, 4) is 0 Å². The van der Waals surface area contributed by atoms with E-state index in [4.69, 9.17) is 0 Å². The number of para-hydroxylation sites is 1. The number of benzene rings is 2. The second kappa shape index (κ2) is 8.47. The van der Waals surface area contributed by atoms with Crippen LogP contribution in [0.15, 0.2) is 60.7 Å². The number of anilines is 1. The molecule has 2 saturated carbocycles. The van der Waals surface area contributed by atoms with Crippen LogP contribution in [0.3, 0.4) is 0 Å². The molecule has 3 fully saturated rings. The third-order valence-corrected chi connectivity index (χ3v) is 8.83. The van der Waals surface area contributed by atoms with E-state index < -0.39 is 6.04 Å². The zero-order valence-electron chi connectivity index (χ0n) is 20.3. The van der Waals surface area contributed by atoms with Crippen LogP contribution in [-0.2, 0) is 33.6 Å². The predicted octanol–water partition coefficient (Wildman–Crippen LogP) is 4.41. The first-order chi connectivity index (χ1) is 17.0. The summed E-state index contributed by atoms with van der Waals surface area (Å²) in [5, 5.41) is 3.16. The monoisotopic (exact) mass is 468 g/mol. The Hall–Kier alpha value is -3.21. The molecule has 5 nitrogen and oxygen atoms in total. The van der Waals surface area contributed by atoms with E-state index in [2.05, 4.69) is 31.3 Å². The maximum Gasteiger partial charge on any atom is 0.248 e. The van der Waals surface area contributed by atoms with E-state index in [-0.39, 0.29) is 41.4 Å². The van der Waals surface area contributed by atoms with E-state index in [1.54, 1.807) is 0 Å². The molecule has 1 N–H and O–H groups in total. The van der Waals surface area contributed by atoms with Crippen molar-refractivity contribution in [1.29, 1.82) is 0 Å². The molecule has 2 aromatic carbocycles. The summed E-state index contributed by atoms with van der Waals surface area (Å²) in [6.45, 7) is 4.14. The van der Waals surface area contributed by atoms with E-state index in [1.165, 1.54) is 4.90 Å². The van der Waals surface area contributed by atoms with Crippen LogP contribution in [0.5, 0.6) is 0 Å². The number of carbonyl (C=O) groups is 3. The second-order valence-electron chi connectivity index (χ2n) is 10.6. The molecule has 0 unspecified atom stereocenters. The Kier molecular flexibility index (Phi) is 5.39. The van der Waals surface area contributed by atoms with Crippen LogP contribution >= 0.6 is 0 Å². The molecule has 0 radical (unpaired) electrons. The molecule has 7 atom stereocenters. The lowest BCUT2D eigenvalue weighted by Gasteiger charge is -2.37. The summed E-state index contributed by atoms with van der Waals surface area (Å²) in [6, 6.07) is 14.9. The van der Waals surface area contributed by atoms with E-state index in [9.17, 15) is 14.4 Å². The SMILES string of the molecule is CCc1cccc(CC)c1NC(=O)[C@H](Cc1ccccc1)N1C(=O)[C@@H]2[C@H]3C=C[C@@H]([C@@H]4C[C@@H]34)[C@H]2C1=O. The van der Waals surface area contributed by atoms with Crippen molar-refractivity contribution in [2.24, 2.45) is 35.5 Å². The molecule has 2 bridgehead atoms. The van der Waals surface area contributed by atoms with Gasteiger partial charge in [0.2, 0.25) is 17.7 Å². The van der Waals surface area contributed by atoms with Gasteiger partial charge < -0.3 is 5.32 Å². The predicted molar refractivity (Wildman–Crippen MR) is 134 cm³/mol. The van der Waals surface area contributed by atoms with Crippen LogP contribution in [0, 0.1) is 35.5 Å². The quantitative estimate of drug-likeness (QED) is 0.483. The fraction of sp³-hybridized carbons (Fsp3) is 0.433. The molecular formula is C30H32N2O3. The lowest BCUT2D eigenvalue weighted by molar-refractivity contribution is -0.146. The van der Waals surface area contributed by atoms with Gasteiger partial charge >= 0.3 is 0 Å². The summed E-state index contributed by atoms with van der Waals surface area (Å²) in [5.74, 6) is 0.160. The normalized spacial score (nSPS) is 30.7. The summed E-state index contributed by atoms with van der Waals surface area (Å²) in [6.07, 6.45) is 7.36. The summed E-state index contributed by atoms with van der Waals surface area (Å²) in [4.78, 5) is 42.9. The van der Waals surface area contributed by atoms with Crippen LogP contribution in [0.2, 0.25) is 0 Å². The van der Waals surface area contributed by atoms with Crippen molar-refractivity contribution in [1.82, 2.24) is 4.90 Å². The highest BCUT2D eigenvalue weighted by atomic mass is 16.2. The molecule has 35 heavy (non-hydrogen) atoms. The Morgan fingerprint density at radius 1 is 0.886 bits per heavy atom.